The van der Waals surface area contributed by atoms with E-state index < -0.39 is 17.3 Å². The van der Waals surface area contributed by atoms with Gasteiger partial charge in [-0.1, -0.05) is 6.07 Å². The van der Waals surface area contributed by atoms with Gasteiger partial charge in [-0.3, -0.25) is 14.0 Å². The lowest BCUT2D eigenvalue weighted by atomic mass is 10.1. The third-order valence-electron chi connectivity index (χ3n) is 4.37. The number of benzene rings is 1. The van der Waals surface area contributed by atoms with E-state index >= 15 is 0 Å². The summed E-state index contributed by atoms with van der Waals surface area (Å²) < 4.78 is 25.4. The van der Waals surface area contributed by atoms with E-state index in [4.69, 9.17) is 9.47 Å². The number of carbonyl (C=O) groups is 1. The number of nitriles is 1. The molecule has 0 fully saturated rings. The standard InChI is InChI=1S/C23H21FN4O4/c1-2-31-13-5-11-26-21(29)16(15-25)14-19-22(32-18-9-7-17(24)8-10-18)27-20-6-3-4-12-28(20)23(19)30/h3-4,6-10,12,14H,2,5,11,13H2,1H3,(H,26,29). The van der Waals surface area contributed by atoms with Gasteiger partial charge in [-0.2, -0.15) is 10.2 Å². The molecule has 0 saturated carbocycles. The normalized spacial score (nSPS) is 11.2. The van der Waals surface area contributed by atoms with Crippen molar-refractivity contribution in [3.8, 4) is 17.7 Å². The lowest BCUT2D eigenvalue weighted by Crippen LogP contribution is -2.27. The summed E-state index contributed by atoms with van der Waals surface area (Å²) in [5.41, 5.74) is -0.575. The molecule has 1 aromatic carbocycles. The summed E-state index contributed by atoms with van der Waals surface area (Å²) >= 11 is 0. The zero-order chi connectivity index (χ0) is 22.9. The molecule has 3 rings (SSSR count). The van der Waals surface area contributed by atoms with Gasteiger partial charge in [0.2, 0.25) is 5.88 Å². The molecular weight excluding hydrogens is 415 g/mol. The van der Waals surface area contributed by atoms with Crippen molar-refractivity contribution in [2.45, 2.75) is 13.3 Å². The van der Waals surface area contributed by atoms with Gasteiger partial charge in [0.25, 0.3) is 11.5 Å². The van der Waals surface area contributed by atoms with E-state index in [1.807, 2.05) is 13.0 Å². The number of aromatic nitrogens is 2. The maximum Gasteiger partial charge on any atom is 0.269 e. The first-order chi connectivity index (χ1) is 15.5. The Balaban J connectivity index is 1.98. The molecule has 0 aliphatic heterocycles. The molecule has 0 aliphatic carbocycles. The molecule has 0 bridgehead atoms. The Kier molecular flexibility index (Phi) is 7.67. The smallest absolute Gasteiger partial charge is 0.269 e. The first-order valence-electron chi connectivity index (χ1n) is 9.96. The van der Waals surface area contributed by atoms with Crippen LogP contribution in [-0.2, 0) is 9.53 Å². The van der Waals surface area contributed by atoms with Gasteiger partial charge in [-0.05, 0) is 55.8 Å². The summed E-state index contributed by atoms with van der Waals surface area (Å²) in [5, 5.41) is 12.1. The van der Waals surface area contributed by atoms with Crippen LogP contribution in [0.15, 0.2) is 59.0 Å². The van der Waals surface area contributed by atoms with Crippen LogP contribution in [0, 0.1) is 17.1 Å². The third-order valence-corrected chi connectivity index (χ3v) is 4.37. The Hall–Kier alpha value is -4.03. The number of pyridine rings is 1. The number of nitrogens with zero attached hydrogens (tertiary/aromatic N) is 3. The van der Waals surface area contributed by atoms with Crippen LogP contribution in [-0.4, -0.2) is 35.1 Å². The van der Waals surface area contributed by atoms with Gasteiger partial charge in [0.1, 0.15) is 34.4 Å². The van der Waals surface area contributed by atoms with E-state index in [0.29, 0.717) is 31.8 Å². The van der Waals surface area contributed by atoms with Crippen LogP contribution in [0.4, 0.5) is 4.39 Å². The molecule has 8 nitrogen and oxygen atoms in total. The molecular formula is C23H21FN4O4. The average molecular weight is 436 g/mol. The molecule has 0 unspecified atom stereocenters. The number of halogens is 1. The molecule has 9 heteroatoms. The zero-order valence-corrected chi connectivity index (χ0v) is 17.4. The lowest BCUT2D eigenvalue weighted by molar-refractivity contribution is -0.117. The Bertz CT molecular complexity index is 1230. The van der Waals surface area contributed by atoms with E-state index in [9.17, 15) is 19.2 Å². The predicted molar refractivity (Wildman–Crippen MR) is 116 cm³/mol. The highest BCUT2D eigenvalue weighted by Gasteiger charge is 2.17. The maximum absolute atomic E-state index is 13.2. The fourth-order valence-corrected chi connectivity index (χ4v) is 2.81. The van der Waals surface area contributed by atoms with E-state index in [2.05, 4.69) is 10.3 Å². The molecule has 1 N–H and O–H groups in total. The summed E-state index contributed by atoms with van der Waals surface area (Å²) in [7, 11) is 0. The minimum atomic E-state index is -0.630. The summed E-state index contributed by atoms with van der Waals surface area (Å²) in [6.45, 7) is 3.24. The molecule has 1 amide bonds. The highest BCUT2D eigenvalue weighted by atomic mass is 19.1. The first kappa shape index (κ1) is 22.7. The molecule has 32 heavy (non-hydrogen) atoms. The second kappa shape index (κ2) is 10.8. The SMILES string of the molecule is CCOCCCNC(=O)C(C#N)=Cc1c(Oc2ccc(F)cc2)nc2ccccn2c1=O. The topological polar surface area (TPSA) is 106 Å². The second-order valence-corrected chi connectivity index (χ2v) is 6.60. The van der Waals surface area contributed by atoms with Crippen LogP contribution in [0.3, 0.4) is 0 Å². The number of nitrogens with one attached hydrogen (secondary N) is 1. The van der Waals surface area contributed by atoms with E-state index in [1.54, 1.807) is 18.2 Å². The van der Waals surface area contributed by atoms with Crippen LogP contribution >= 0.6 is 0 Å². The molecule has 2 heterocycles. The van der Waals surface area contributed by atoms with Gasteiger partial charge >= 0.3 is 0 Å². The quantitative estimate of drug-likeness (QED) is 0.314. The Morgan fingerprint density at radius 2 is 2.06 bits per heavy atom. The van der Waals surface area contributed by atoms with Gasteiger partial charge in [-0.25, -0.2) is 4.39 Å². The summed E-state index contributed by atoms with van der Waals surface area (Å²) in [5.74, 6) is -0.942. The summed E-state index contributed by atoms with van der Waals surface area (Å²) in [6.07, 6.45) is 3.24. The number of rotatable bonds is 9. The lowest BCUT2D eigenvalue weighted by Gasteiger charge is -2.10. The molecule has 0 aliphatic rings. The summed E-state index contributed by atoms with van der Waals surface area (Å²) in [4.78, 5) is 29.9. The summed E-state index contributed by atoms with van der Waals surface area (Å²) in [6, 6.07) is 12.0. The van der Waals surface area contributed by atoms with Crippen LogP contribution in [0.2, 0.25) is 0 Å². The van der Waals surface area contributed by atoms with Crippen molar-refractivity contribution < 1.29 is 18.7 Å². The van der Waals surface area contributed by atoms with Crippen molar-refractivity contribution in [1.29, 1.82) is 5.26 Å². The van der Waals surface area contributed by atoms with Crippen LogP contribution in [0.5, 0.6) is 11.6 Å². The number of hydrogen-bond acceptors (Lipinski definition) is 6. The molecule has 2 aromatic heterocycles. The zero-order valence-electron chi connectivity index (χ0n) is 17.4. The largest absolute Gasteiger partial charge is 0.438 e. The number of fused-ring (bicyclic) bond motifs is 1. The third kappa shape index (κ3) is 5.56. The van der Waals surface area contributed by atoms with Crippen molar-refractivity contribution in [1.82, 2.24) is 14.7 Å². The minimum Gasteiger partial charge on any atom is -0.438 e. The van der Waals surface area contributed by atoms with E-state index in [-0.39, 0.29) is 22.8 Å². The Morgan fingerprint density at radius 3 is 2.78 bits per heavy atom. The van der Waals surface area contributed by atoms with Gasteiger partial charge < -0.3 is 14.8 Å². The second-order valence-electron chi connectivity index (χ2n) is 6.60. The Labute approximate surface area is 183 Å². The van der Waals surface area contributed by atoms with Crippen LogP contribution in [0.25, 0.3) is 11.7 Å². The molecule has 164 valence electrons. The van der Waals surface area contributed by atoms with Crippen molar-refractivity contribution in [3.63, 3.8) is 0 Å². The molecule has 0 atom stereocenters. The van der Waals surface area contributed by atoms with E-state index in [1.165, 1.54) is 34.9 Å². The number of amides is 1. The number of hydrogen-bond donors (Lipinski definition) is 1. The molecule has 0 radical (unpaired) electrons. The van der Waals surface area contributed by atoms with Crippen LogP contribution < -0.4 is 15.6 Å². The Morgan fingerprint density at radius 1 is 1.28 bits per heavy atom. The molecule has 0 saturated heterocycles. The van der Waals surface area contributed by atoms with Gasteiger partial charge in [0, 0.05) is 26.0 Å². The van der Waals surface area contributed by atoms with Crippen molar-refractivity contribution in [3.05, 3.63) is 76.0 Å². The minimum absolute atomic E-state index is 0.0842. The number of carbonyl (C=O) groups excluding carboxylic acids is 1. The highest BCUT2D eigenvalue weighted by Crippen LogP contribution is 2.24. The van der Waals surface area contributed by atoms with E-state index in [0.717, 1.165) is 6.08 Å². The van der Waals surface area contributed by atoms with Gasteiger partial charge in [-0.15, -0.1) is 0 Å². The highest BCUT2D eigenvalue weighted by molar-refractivity contribution is 6.01. The number of ether oxygens (including phenoxy) is 2. The first-order valence-corrected chi connectivity index (χ1v) is 9.96. The fourth-order valence-electron chi connectivity index (χ4n) is 2.81. The van der Waals surface area contributed by atoms with Crippen molar-refractivity contribution in [2.24, 2.45) is 0 Å². The van der Waals surface area contributed by atoms with Crippen molar-refractivity contribution in [2.75, 3.05) is 19.8 Å². The van der Waals surface area contributed by atoms with Gasteiger partial charge in [0.15, 0.2) is 0 Å². The monoisotopic (exact) mass is 436 g/mol. The maximum atomic E-state index is 13.2. The van der Waals surface area contributed by atoms with Crippen molar-refractivity contribution >= 4 is 17.6 Å². The van der Waals surface area contributed by atoms with Gasteiger partial charge in [0.05, 0.1) is 0 Å². The molecule has 0 spiro atoms. The molecule has 3 aromatic rings. The average Bonchev–Trinajstić information content (AvgIpc) is 2.80. The predicted octanol–water partition coefficient (Wildman–Crippen LogP) is 3.08. The van der Waals surface area contributed by atoms with Crippen LogP contribution in [0.1, 0.15) is 18.9 Å². The fraction of sp³-hybridized carbons (Fsp3) is 0.217.